The highest BCUT2D eigenvalue weighted by Crippen LogP contribution is 2.20. The lowest BCUT2D eigenvalue weighted by Gasteiger charge is -2.10. The minimum atomic E-state index is 0.212. The molecule has 0 aromatic heterocycles. The minimum absolute atomic E-state index is 0.212. The maximum absolute atomic E-state index is 7.80. The molecule has 0 unspecified atom stereocenters. The topological polar surface area (TPSA) is 49.9 Å². The van der Waals surface area contributed by atoms with Crippen LogP contribution in [0.5, 0.6) is 0 Å². The molecule has 0 fully saturated rings. The van der Waals surface area contributed by atoms with Crippen LogP contribution in [0.1, 0.15) is 19.4 Å². The molecule has 0 saturated carbocycles. The third-order valence-electron chi connectivity index (χ3n) is 1.88. The Hall–Kier alpha value is -0.830. The fraction of sp³-hybridized carbons (Fsp3) is 0.300. The van der Waals surface area contributed by atoms with Crippen molar-refractivity contribution in [3.05, 3.63) is 28.2 Å². The Kier molecular flexibility index (Phi) is 3.09. The molecule has 0 spiro atoms. The van der Waals surface area contributed by atoms with E-state index in [1.54, 1.807) is 0 Å². The van der Waals surface area contributed by atoms with Gasteiger partial charge in [0.2, 0.25) is 0 Å². The minimum Gasteiger partial charge on any atom is -0.398 e. The number of rotatable bonds is 2. The molecule has 0 amide bonds. The van der Waals surface area contributed by atoms with Gasteiger partial charge in [0.25, 0.3) is 0 Å². The van der Waals surface area contributed by atoms with E-state index in [0.717, 1.165) is 10.0 Å². The zero-order valence-corrected chi connectivity index (χ0v) is 9.35. The first kappa shape index (κ1) is 10.3. The van der Waals surface area contributed by atoms with Gasteiger partial charge in [-0.15, -0.1) is 0 Å². The predicted octanol–water partition coefficient (Wildman–Crippen LogP) is 3.06. The van der Waals surface area contributed by atoms with Crippen molar-refractivity contribution in [2.45, 2.75) is 13.8 Å². The molecule has 0 atom stereocenters. The van der Waals surface area contributed by atoms with Gasteiger partial charge in [-0.2, -0.15) is 0 Å². The van der Waals surface area contributed by atoms with E-state index in [1.807, 2.05) is 32.0 Å². The Balaban J connectivity index is 3.09. The molecule has 70 valence electrons. The van der Waals surface area contributed by atoms with E-state index < -0.39 is 0 Å². The first-order valence-electron chi connectivity index (χ1n) is 4.16. The predicted molar refractivity (Wildman–Crippen MR) is 60.2 cm³/mol. The maximum atomic E-state index is 7.80. The van der Waals surface area contributed by atoms with Gasteiger partial charge in [0.05, 0.1) is 0 Å². The van der Waals surface area contributed by atoms with E-state index in [9.17, 15) is 0 Å². The number of nitrogens with one attached hydrogen (secondary N) is 1. The van der Waals surface area contributed by atoms with Crippen molar-refractivity contribution < 1.29 is 0 Å². The van der Waals surface area contributed by atoms with E-state index >= 15 is 0 Å². The van der Waals surface area contributed by atoms with Crippen LogP contribution in [-0.2, 0) is 0 Å². The van der Waals surface area contributed by atoms with Crippen molar-refractivity contribution >= 4 is 27.3 Å². The zero-order chi connectivity index (χ0) is 10.0. The number of anilines is 1. The lowest BCUT2D eigenvalue weighted by molar-refractivity contribution is 0.878. The summed E-state index contributed by atoms with van der Waals surface area (Å²) >= 11 is 3.33. The fourth-order valence-corrected chi connectivity index (χ4v) is 1.47. The summed E-state index contributed by atoms with van der Waals surface area (Å²) in [6.45, 7) is 3.98. The summed E-state index contributed by atoms with van der Waals surface area (Å²) < 4.78 is 0.949. The van der Waals surface area contributed by atoms with Crippen LogP contribution in [-0.4, -0.2) is 5.71 Å². The average Bonchev–Trinajstić information content (AvgIpc) is 2.03. The maximum Gasteiger partial charge on any atom is 0.0432 e. The van der Waals surface area contributed by atoms with Crippen LogP contribution in [0, 0.1) is 11.3 Å². The summed E-state index contributed by atoms with van der Waals surface area (Å²) in [5, 5.41) is 7.80. The summed E-state index contributed by atoms with van der Waals surface area (Å²) in [6, 6.07) is 5.61. The molecule has 0 heterocycles. The summed E-state index contributed by atoms with van der Waals surface area (Å²) in [4.78, 5) is 0. The van der Waals surface area contributed by atoms with Gasteiger partial charge in [-0.3, -0.25) is 0 Å². The monoisotopic (exact) mass is 240 g/mol. The quantitative estimate of drug-likeness (QED) is 0.606. The summed E-state index contributed by atoms with van der Waals surface area (Å²) in [5.41, 5.74) is 7.87. The van der Waals surface area contributed by atoms with Gasteiger partial charge >= 0.3 is 0 Å². The van der Waals surface area contributed by atoms with Gasteiger partial charge in [0.15, 0.2) is 0 Å². The Morgan fingerprint density at radius 1 is 1.46 bits per heavy atom. The van der Waals surface area contributed by atoms with Crippen molar-refractivity contribution in [2.75, 3.05) is 5.73 Å². The number of benzene rings is 1. The van der Waals surface area contributed by atoms with Crippen molar-refractivity contribution in [3.63, 3.8) is 0 Å². The van der Waals surface area contributed by atoms with Crippen molar-refractivity contribution in [1.82, 2.24) is 0 Å². The molecular formula is C10H13BrN2. The highest BCUT2D eigenvalue weighted by Gasteiger charge is 2.09. The molecule has 2 nitrogen and oxygen atoms in total. The summed E-state index contributed by atoms with van der Waals surface area (Å²) in [6.07, 6.45) is 0. The van der Waals surface area contributed by atoms with Crippen LogP contribution in [0.3, 0.4) is 0 Å². The fourth-order valence-electron chi connectivity index (χ4n) is 1.09. The first-order chi connectivity index (χ1) is 6.02. The second kappa shape index (κ2) is 3.92. The largest absolute Gasteiger partial charge is 0.398 e. The lowest BCUT2D eigenvalue weighted by atomic mass is 9.99. The highest BCUT2D eigenvalue weighted by atomic mass is 79.9. The summed E-state index contributed by atoms with van der Waals surface area (Å²) in [7, 11) is 0. The van der Waals surface area contributed by atoms with E-state index in [0.29, 0.717) is 11.4 Å². The Morgan fingerprint density at radius 2 is 2.08 bits per heavy atom. The molecule has 0 radical (unpaired) electrons. The standard InChI is InChI=1S/C10H13BrN2/c1-6(2)10(13)8-4-3-7(11)5-9(8)12/h3-6,13H,12H2,1-2H3. The van der Waals surface area contributed by atoms with Gasteiger partial charge in [0, 0.05) is 21.4 Å². The van der Waals surface area contributed by atoms with Gasteiger partial charge < -0.3 is 11.1 Å². The molecule has 3 heteroatoms. The van der Waals surface area contributed by atoms with E-state index in [4.69, 9.17) is 11.1 Å². The van der Waals surface area contributed by atoms with Crippen LogP contribution in [0.25, 0.3) is 0 Å². The first-order valence-corrected chi connectivity index (χ1v) is 4.95. The van der Waals surface area contributed by atoms with Crippen LogP contribution >= 0.6 is 15.9 Å². The molecule has 3 N–H and O–H groups in total. The molecule has 0 saturated heterocycles. The van der Waals surface area contributed by atoms with Crippen molar-refractivity contribution in [2.24, 2.45) is 5.92 Å². The Morgan fingerprint density at radius 3 is 2.54 bits per heavy atom. The molecule has 13 heavy (non-hydrogen) atoms. The van der Waals surface area contributed by atoms with Gasteiger partial charge in [-0.1, -0.05) is 29.8 Å². The van der Waals surface area contributed by atoms with Gasteiger partial charge in [-0.25, -0.2) is 0 Å². The number of hydrogen-bond donors (Lipinski definition) is 2. The SMILES string of the molecule is CC(C)C(=N)c1ccc(Br)cc1N. The number of nitrogens with two attached hydrogens (primary N) is 1. The normalized spacial score (nSPS) is 10.5. The van der Waals surface area contributed by atoms with Crippen LogP contribution in [0.4, 0.5) is 5.69 Å². The van der Waals surface area contributed by atoms with E-state index in [2.05, 4.69) is 15.9 Å². The van der Waals surface area contributed by atoms with Crippen LogP contribution < -0.4 is 5.73 Å². The molecule has 1 rings (SSSR count). The van der Waals surface area contributed by atoms with Crippen LogP contribution in [0.2, 0.25) is 0 Å². The van der Waals surface area contributed by atoms with Crippen molar-refractivity contribution in [1.29, 1.82) is 5.41 Å². The molecule has 0 bridgehead atoms. The molecular weight excluding hydrogens is 228 g/mol. The van der Waals surface area contributed by atoms with Gasteiger partial charge in [-0.05, 0) is 24.1 Å². The number of hydrogen-bond acceptors (Lipinski definition) is 2. The second-order valence-corrected chi connectivity index (χ2v) is 4.22. The molecule has 0 aliphatic heterocycles. The second-order valence-electron chi connectivity index (χ2n) is 3.30. The van der Waals surface area contributed by atoms with E-state index in [-0.39, 0.29) is 5.92 Å². The van der Waals surface area contributed by atoms with E-state index in [1.165, 1.54) is 0 Å². The van der Waals surface area contributed by atoms with Gasteiger partial charge in [0.1, 0.15) is 0 Å². The number of halogens is 1. The third-order valence-corrected chi connectivity index (χ3v) is 2.37. The lowest BCUT2D eigenvalue weighted by Crippen LogP contribution is -2.10. The van der Waals surface area contributed by atoms with Crippen molar-refractivity contribution in [3.8, 4) is 0 Å². The Bertz CT molecular complexity index is 332. The average molecular weight is 241 g/mol. The van der Waals surface area contributed by atoms with Crippen LogP contribution in [0.15, 0.2) is 22.7 Å². The highest BCUT2D eigenvalue weighted by molar-refractivity contribution is 9.10. The number of nitrogen functional groups attached to an aromatic ring is 1. The molecule has 1 aromatic carbocycles. The molecule has 0 aliphatic carbocycles. The smallest absolute Gasteiger partial charge is 0.0432 e. The Labute approximate surface area is 86.8 Å². The third kappa shape index (κ3) is 2.31. The molecule has 1 aromatic rings. The zero-order valence-electron chi connectivity index (χ0n) is 7.76. The molecule has 0 aliphatic rings. The summed E-state index contributed by atoms with van der Waals surface area (Å²) in [5.74, 6) is 0.212.